The summed E-state index contributed by atoms with van der Waals surface area (Å²) < 4.78 is 5.25. The number of aromatic nitrogens is 2. The van der Waals surface area contributed by atoms with Crippen LogP contribution >= 0.6 is 0 Å². The van der Waals surface area contributed by atoms with E-state index < -0.39 is 0 Å². The Balaban J connectivity index is 1.63. The molecule has 0 radical (unpaired) electrons. The Kier molecular flexibility index (Phi) is 6.84. The molecule has 2 heterocycles. The second-order valence-electron chi connectivity index (χ2n) is 7.58. The third-order valence-electron chi connectivity index (χ3n) is 4.58. The maximum atomic E-state index is 12.0. The molecule has 0 bridgehead atoms. The zero-order valence-electron chi connectivity index (χ0n) is 17.2. The van der Waals surface area contributed by atoms with Crippen LogP contribution < -0.4 is 16.5 Å². The van der Waals surface area contributed by atoms with Gasteiger partial charge in [0.1, 0.15) is 12.0 Å². The molecule has 9 nitrogen and oxygen atoms in total. The molecule has 156 valence electrons. The predicted molar refractivity (Wildman–Crippen MR) is 114 cm³/mol. The molecule has 1 aliphatic rings. The first-order valence-corrected chi connectivity index (χ1v) is 9.77. The number of carbonyl (C=O) groups is 1. The molecule has 0 aliphatic carbocycles. The third-order valence-corrected chi connectivity index (χ3v) is 4.58. The highest BCUT2D eigenvalue weighted by molar-refractivity contribution is 5.90. The number of nitrogens with one attached hydrogen (secondary N) is 2. The van der Waals surface area contributed by atoms with Gasteiger partial charge in [-0.1, -0.05) is 13.8 Å². The summed E-state index contributed by atoms with van der Waals surface area (Å²) in [6.45, 7) is 8.14. The highest BCUT2D eigenvalue weighted by Gasteiger charge is 2.16. The van der Waals surface area contributed by atoms with Crippen molar-refractivity contribution in [1.29, 1.82) is 0 Å². The van der Waals surface area contributed by atoms with E-state index in [9.17, 15) is 4.79 Å². The minimum absolute atomic E-state index is 0.300. The summed E-state index contributed by atoms with van der Waals surface area (Å²) in [4.78, 5) is 22.8. The molecule has 1 aromatic heterocycles. The minimum Gasteiger partial charge on any atom is -0.462 e. The lowest BCUT2D eigenvalue weighted by Gasteiger charge is -2.32. The Bertz CT molecular complexity index is 818. The van der Waals surface area contributed by atoms with Crippen molar-refractivity contribution in [3.05, 3.63) is 36.2 Å². The lowest BCUT2D eigenvalue weighted by Crippen LogP contribution is -2.47. The van der Waals surface area contributed by atoms with Gasteiger partial charge in [-0.25, -0.2) is 19.8 Å². The maximum absolute atomic E-state index is 12.0. The summed E-state index contributed by atoms with van der Waals surface area (Å²) in [5.41, 5.74) is 11.2. The summed E-state index contributed by atoms with van der Waals surface area (Å²) in [7, 11) is 2.10. The van der Waals surface area contributed by atoms with Gasteiger partial charge in [-0.15, -0.1) is 0 Å². The average molecular weight is 399 g/mol. The van der Waals surface area contributed by atoms with Gasteiger partial charge in [0.2, 0.25) is 0 Å². The fourth-order valence-corrected chi connectivity index (χ4v) is 2.80. The Morgan fingerprint density at radius 3 is 2.45 bits per heavy atom. The number of hydrazine groups is 1. The highest BCUT2D eigenvalue weighted by atomic mass is 16.5. The summed E-state index contributed by atoms with van der Waals surface area (Å²) in [6, 6.07) is 7.01. The molecular formula is C20H29N7O2. The Hall–Kier alpha value is -2.91. The van der Waals surface area contributed by atoms with Crippen LogP contribution in [0.2, 0.25) is 0 Å². The van der Waals surface area contributed by atoms with E-state index in [0.717, 1.165) is 31.9 Å². The van der Waals surface area contributed by atoms with Crippen molar-refractivity contribution >= 4 is 29.0 Å². The summed E-state index contributed by atoms with van der Waals surface area (Å²) in [5, 5.41) is 5.28. The number of anilines is 4. The van der Waals surface area contributed by atoms with Gasteiger partial charge in [-0.05, 0) is 37.2 Å². The van der Waals surface area contributed by atoms with Gasteiger partial charge in [0, 0.05) is 31.9 Å². The number of hydrogen-bond donors (Lipinski definition) is 3. The smallest absolute Gasteiger partial charge is 0.338 e. The van der Waals surface area contributed by atoms with Crippen molar-refractivity contribution in [3.63, 3.8) is 0 Å². The molecule has 0 unspecified atom stereocenters. The molecule has 1 fully saturated rings. The van der Waals surface area contributed by atoms with E-state index in [-0.39, 0.29) is 5.97 Å². The first kappa shape index (κ1) is 20.8. The number of benzene rings is 1. The van der Waals surface area contributed by atoms with E-state index in [2.05, 4.69) is 37.7 Å². The van der Waals surface area contributed by atoms with Crippen LogP contribution in [0.25, 0.3) is 0 Å². The molecule has 4 N–H and O–H groups in total. The number of hydrogen-bond acceptors (Lipinski definition) is 9. The number of rotatable bonds is 7. The first-order chi connectivity index (χ1) is 13.9. The summed E-state index contributed by atoms with van der Waals surface area (Å²) in [5.74, 6) is 1.05. The molecule has 1 aliphatic heterocycles. The second-order valence-corrected chi connectivity index (χ2v) is 7.58. The zero-order valence-corrected chi connectivity index (χ0v) is 17.2. The van der Waals surface area contributed by atoms with Crippen LogP contribution in [0.3, 0.4) is 0 Å². The van der Waals surface area contributed by atoms with Gasteiger partial charge in [-0.3, -0.25) is 0 Å². The molecule has 3 rings (SSSR count). The van der Waals surface area contributed by atoms with Gasteiger partial charge in [0.05, 0.1) is 12.2 Å². The topological polar surface area (TPSA) is 109 Å². The van der Waals surface area contributed by atoms with E-state index in [1.807, 2.05) is 13.8 Å². The third kappa shape index (κ3) is 5.78. The second kappa shape index (κ2) is 9.53. The van der Waals surface area contributed by atoms with E-state index in [1.54, 1.807) is 24.3 Å². The molecular weight excluding hydrogens is 370 g/mol. The van der Waals surface area contributed by atoms with Crippen LogP contribution in [0.15, 0.2) is 30.6 Å². The molecule has 1 aromatic carbocycles. The molecule has 2 aromatic rings. The van der Waals surface area contributed by atoms with Gasteiger partial charge in [-0.2, -0.15) is 0 Å². The maximum Gasteiger partial charge on any atom is 0.338 e. The van der Waals surface area contributed by atoms with Crippen molar-refractivity contribution in [2.75, 3.05) is 56.3 Å². The molecule has 1 saturated heterocycles. The number of piperazine rings is 1. The van der Waals surface area contributed by atoms with Crippen LogP contribution in [-0.2, 0) is 4.74 Å². The molecule has 0 atom stereocenters. The number of ether oxygens (including phenoxy) is 1. The first-order valence-electron chi connectivity index (χ1n) is 9.77. The fourth-order valence-electron chi connectivity index (χ4n) is 2.80. The number of nitrogens with two attached hydrogens (primary N) is 1. The van der Waals surface area contributed by atoms with Crippen molar-refractivity contribution < 1.29 is 9.53 Å². The molecule has 0 spiro atoms. The number of esters is 1. The molecule has 0 saturated carbocycles. The van der Waals surface area contributed by atoms with Gasteiger partial charge >= 0.3 is 5.97 Å². The average Bonchev–Trinajstić information content (AvgIpc) is 2.71. The van der Waals surface area contributed by atoms with Crippen LogP contribution in [0.5, 0.6) is 0 Å². The summed E-state index contributed by atoms with van der Waals surface area (Å²) >= 11 is 0. The Morgan fingerprint density at radius 2 is 1.79 bits per heavy atom. The van der Waals surface area contributed by atoms with E-state index in [0.29, 0.717) is 35.4 Å². The monoisotopic (exact) mass is 399 g/mol. The SMILES string of the molecule is CC(C)COC(=O)c1ccc(Nc2ncnc(NN3CCN(C)CC3)c2N)cc1. The van der Waals surface area contributed by atoms with E-state index >= 15 is 0 Å². The van der Waals surface area contributed by atoms with Gasteiger partial charge in [0.25, 0.3) is 0 Å². The fraction of sp³-hybridized carbons (Fsp3) is 0.450. The molecule has 29 heavy (non-hydrogen) atoms. The quantitative estimate of drug-likeness (QED) is 0.604. The number of nitrogens with zero attached hydrogens (tertiary/aromatic N) is 4. The lowest BCUT2D eigenvalue weighted by molar-refractivity contribution is 0.0459. The standard InChI is InChI=1S/C20H29N7O2/c1-14(2)12-29-20(28)15-4-6-16(7-5-15)24-18-17(21)19(23-13-22-18)25-27-10-8-26(3)9-11-27/h4-7,13-14H,8-12,21H2,1-3H3,(H2,22,23,24,25). The van der Waals surface area contributed by atoms with Crippen LogP contribution in [0.4, 0.5) is 23.0 Å². The highest BCUT2D eigenvalue weighted by Crippen LogP contribution is 2.26. The van der Waals surface area contributed by atoms with Crippen molar-refractivity contribution in [2.24, 2.45) is 5.92 Å². The van der Waals surface area contributed by atoms with E-state index in [4.69, 9.17) is 10.5 Å². The van der Waals surface area contributed by atoms with Gasteiger partial charge in [0.15, 0.2) is 11.6 Å². The zero-order chi connectivity index (χ0) is 20.8. The van der Waals surface area contributed by atoms with Crippen molar-refractivity contribution in [3.8, 4) is 0 Å². The molecule has 0 amide bonds. The predicted octanol–water partition coefficient (Wildman–Crippen LogP) is 2.19. The Morgan fingerprint density at radius 1 is 1.14 bits per heavy atom. The van der Waals surface area contributed by atoms with Crippen molar-refractivity contribution in [2.45, 2.75) is 13.8 Å². The lowest BCUT2D eigenvalue weighted by atomic mass is 10.2. The number of nitrogen functional groups attached to an aromatic ring is 1. The minimum atomic E-state index is -0.328. The van der Waals surface area contributed by atoms with Crippen LogP contribution in [0.1, 0.15) is 24.2 Å². The van der Waals surface area contributed by atoms with Crippen molar-refractivity contribution in [1.82, 2.24) is 19.9 Å². The largest absolute Gasteiger partial charge is 0.462 e. The van der Waals surface area contributed by atoms with Gasteiger partial charge < -0.3 is 26.1 Å². The van der Waals surface area contributed by atoms with Crippen LogP contribution in [0, 0.1) is 5.92 Å². The van der Waals surface area contributed by atoms with E-state index in [1.165, 1.54) is 6.33 Å². The molecule has 9 heteroatoms. The summed E-state index contributed by atoms with van der Waals surface area (Å²) in [6.07, 6.45) is 1.47. The number of carbonyl (C=O) groups excluding carboxylic acids is 1. The number of likely N-dealkylation sites (N-methyl/N-ethyl adjacent to an activating group) is 1. The Labute approximate surface area is 171 Å². The van der Waals surface area contributed by atoms with Crippen LogP contribution in [-0.4, -0.2) is 65.7 Å². The normalized spacial score (nSPS) is 15.3.